The zero-order valence-electron chi connectivity index (χ0n) is 10.0. The molecule has 0 unspecified atom stereocenters. The molecule has 5 heteroatoms. The van der Waals surface area contributed by atoms with Crippen molar-refractivity contribution in [3.63, 3.8) is 0 Å². The summed E-state index contributed by atoms with van der Waals surface area (Å²) in [6, 6.07) is 8.09. The number of rotatable bonds is 3. The summed E-state index contributed by atoms with van der Waals surface area (Å²) in [4.78, 5) is 13.0. The summed E-state index contributed by atoms with van der Waals surface area (Å²) < 4.78 is 0. The van der Waals surface area contributed by atoms with Crippen LogP contribution >= 0.6 is 0 Å². The van der Waals surface area contributed by atoms with Crippen molar-refractivity contribution in [2.45, 2.75) is 19.1 Å². The molecule has 4 nitrogen and oxygen atoms in total. The average Bonchev–Trinajstić information content (AvgIpc) is 2.74. The Morgan fingerprint density at radius 3 is 2.71 bits per heavy atom. The van der Waals surface area contributed by atoms with Gasteiger partial charge in [0.15, 0.2) is 5.81 Å². The molecule has 17 heavy (non-hydrogen) atoms. The number of hydrogen-bond donors (Lipinski definition) is 2. The van der Waals surface area contributed by atoms with E-state index >= 15 is 0 Å². The van der Waals surface area contributed by atoms with E-state index in [9.17, 15) is 9.90 Å². The van der Waals surface area contributed by atoms with Crippen LogP contribution in [0.2, 0.25) is 0 Å². The molecule has 0 saturated carbocycles. The first-order valence-electron chi connectivity index (χ1n) is 5.91. The molecular formula is C12H17BN2O2. The number of carbonyl (C=O) groups is 1. The van der Waals surface area contributed by atoms with Gasteiger partial charge in [0.25, 0.3) is 0 Å². The highest BCUT2D eigenvalue weighted by Gasteiger charge is 2.19. The molecule has 1 aliphatic rings. The van der Waals surface area contributed by atoms with Crippen molar-refractivity contribution in [3.8, 4) is 0 Å². The van der Waals surface area contributed by atoms with Gasteiger partial charge in [-0.1, -0.05) is 12.1 Å². The molecule has 0 bridgehead atoms. The van der Waals surface area contributed by atoms with Crippen LogP contribution < -0.4 is 10.2 Å². The van der Waals surface area contributed by atoms with Crippen molar-refractivity contribution in [1.82, 2.24) is 5.32 Å². The Bertz CT molecular complexity index is 394. The van der Waals surface area contributed by atoms with E-state index in [4.69, 9.17) is 0 Å². The van der Waals surface area contributed by atoms with E-state index in [0.29, 0.717) is 13.1 Å². The molecule has 0 spiro atoms. The first-order valence-corrected chi connectivity index (χ1v) is 5.91. The van der Waals surface area contributed by atoms with Crippen LogP contribution in [0.1, 0.15) is 12.0 Å². The molecule has 1 amide bonds. The zero-order chi connectivity index (χ0) is 12.3. The Kier molecular flexibility index (Phi) is 3.69. The van der Waals surface area contributed by atoms with E-state index in [2.05, 4.69) is 10.2 Å². The Morgan fingerprint density at radius 1 is 1.47 bits per heavy atom. The summed E-state index contributed by atoms with van der Waals surface area (Å²) in [6.07, 6.45) is 0.641. The van der Waals surface area contributed by atoms with Gasteiger partial charge in [-0.25, -0.2) is 0 Å². The molecule has 1 saturated heterocycles. The Hall–Kier alpha value is -1.49. The second-order valence-electron chi connectivity index (χ2n) is 4.46. The normalized spacial score (nSPS) is 19.4. The quantitative estimate of drug-likeness (QED) is 0.727. The largest absolute Gasteiger partial charge is 0.391 e. The number of nitrogens with zero attached hydrogens (tertiary/aromatic N) is 1. The fourth-order valence-electron chi connectivity index (χ4n) is 2.03. The highest BCUT2D eigenvalue weighted by Crippen LogP contribution is 2.20. The number of β-amino-alcohol motifs (C(OH)–C–C–N with tert-alkyl or cyclic N) is 1. The number of carbonyl (C=O) groups excluding carboxylic acids is 1. The number of nitrogens with one attached hydrogen (secondary N) is 1. The number of amides is 1. The van der Waals surface area contributed by atoms with Crippen LogP contribution in [0.4, 0.5) is 10.5 Å². The van der Waals surface area contributed by atoms with Gasteiger partial charge in [-0.2, -0.15) is 0 Å². The van der Waals surface area contributed by atoms with E-state index < -0.39 is 0 Å². The standard InChI is InChI=1S/C12H17BN2O2/c13-12(17)14-7-9-1-3-10(4-2-9)15-6-5-11(16)8-15/h1-4,11,16H,5-8,13H2,(H,14,17)/t11-/m0/s1. The molecule has 2 N–H and O–H groups in total. The molecule has 0 aromatic heterocycles. The molecule has 1 fully saturated rings. The van der Waals surface area contributed by atoms with Gasteiger partial charge >= 0.3 is 0 Å². The van der Waals surface area contributed by atoms with Crippen molar-refractivity contribution in [3.05, 3.63) is 29.8 Å². The number of benzene rings is 1. The lowest BCUT2D eigenvalue weighted by Gasteiger charge is -2.18. The highest BCUT2D eigenvalue weighted by molar-refractivity contribution is 6.57. The van der Waals surface area contributed by atoms with Crippen LogP contribution in [0, 0.1) is 0 Å². The first kappa shape index (κ1) is 12.0. The van der Waals surface area contributed by atoms with E-state index in [1.54, 1.807) is 0 Å². The fourth-order valence-corrected chi connectivity index (χ4v) is 2.03. The highest BCUT2D eigenvalue weighted by atomic mass is 16.3. The second-order valence-corrected chi connectivity index (χ2v) is 4.46. The van der Waals surface area contributed by atoms with E-state index in [1.165, 1.54) is 7.85 Å². The van der Waals surface area contributed by atoms with Crippen molar-refractivity contribution < 1.29 is 9.90 Å². The maximum atomic E-state index is 10.8. The Labute approximate surface area is 102 Å². The predicted octanol–water partition coefficient (Wildman–Crippen LogP) is 0.100. The molecule has 1 aromatic rings. The number of hydrogen-bond acceptors (Lipinski definition) is 3. The first-order chi connectivity index (χ1) is 8.15. The lowest BCUT2D eigenvalue weighted by molar-refractivity contribution is 0.198. The van der Waals surface area contributed by atoms with Gasteiger partial charge in [-0.3, -0.25) is 4.79 Å². The van der Waals surface area contributed by atoms with Gasteiger partial charge in [-0.05, 0) is 24.1 Å². The SMILES string of the molecule is BC(=O)NCc1ccc(N2CC[C@H](O)C2)cc1. The minimum absolute atomic E-state index is 0.0169. The van der Waals surface area contributed by atoms with Crippen LogP contribution in [-0.4, -0.2) is 38.0 Å². The fraction of sp³-hybridized carbons (Fsp3) is 0.417. The zero-order valence-corrected chi connectivity index (χ0v) is 10.0. The molecule has 90 valence electrons. The molecule has 2 rings (SSSR count). The van der Waals surface area contributed by atoms with E-state index in [0.717, 1.165) is 24.2 Å². The summed E-state index contributed by atoms with van der Waals surface area (Å²) in [5, 5.41) is 12.2. The van der Waals surface area contributed by atoms with Gasteiger partial charge in [0, 0.05) is 25.3 Å². The summed E-state index contributed by atoms with van der Waals surface area (Å²) in [5.41, 5.74) is 2.22. The predicted molar refractivity (Wildman–Crippen MR) is 70.1 cm³/mol. The van der Waals surface area contributed by atoms with Crippen molar-refractivity contribution >= 4 is 19.3 Å². The number of aliphatic hydroxyl groups is 1. The maximum absolute atomic E-state index is 10.8. The summed E-state index contributed by atoms with van der Waals surface area (Å²) in [7, 11) is 1.51. The van der Waals surface area contributed by atoms with Crippen LogP contribution in [0.15, 0.2) is 24.3 Å². The Morgan fingerprint density at radius 2 is 2.18 bits per heavy atom. The van der Waals surface area contributed by atoms with E-state index in [-0.39, 0.29) is 11.9 Å². The third-order valence-electron chi connectivity index (χ3n) is 3.01. The monoisotopic (exact) mass is 232 g/mol. The third-order valence-corrected chi connectivity index (χ3v) is 3.01. The second kappa shape index (κ2) is 5.23. The number of anilines is 1. The van der Waals surface area contributed by atoms with Gasteiger partial charge in [0.1, 0.15) is 0 Å². The minimum atomic E-state index is -0.200. The maximum Gasteiger partial charge on any atom is 0.215 e. The van der Waals surface area contributed by atoms with Crippen LogP contribution in [0.3, 0.4) is 0 Å². The molecule has 1 aromatic carbocycles. The van der Waals surface area contributed by atoms with Gasteiger partial charge in [0.05, 0.1) is 6.10 Å². The molecule has 0 aliphatic carbocycles. The van der Waals surface area contributed by atoms with Gasteiger partial charge in [0.2, 0.25) is 7.85 Å². The lowest BCUT2D eigenvalue weighted by Crippen LogP contribution is -2.22. The minimum Gasteiger partial charge on any atom is -0.391 e. The molecule has 1 atom stereocenters. The molecular weight excluding hydrogens is 215 g/mol. The smallest absolute Gasteiger partial charge is 0.215 e. The lowest BCUT2D eigenvalue weighted by atomic mass is 10.1. The van der Waals surface area contributed by atoms with Crippen LogP contribution in [-0.2, 0) is 6.54 Å². The van der Waals surface area contributed by atoms with Crippen LogP contribution in [0.5, 0.6) is 0 Å². The molecule has 0 radical (unpaired) electrons. The van der Waals surface area contributed by atoms with Gasteiger partial charge < -0.3 is 15.3 Å². The summed E-state index contributed by atoms with van der Waals surface area (Å²) in [6.45, 7) is 2.19. The summed E-state index contributed by atoms with van der Waals surface area (Å²) in [5.74, 6) is -0.0169. The average molecular weight is 232 g/mol. The van der Waals surface area contributed by atoms with E-state index in [1.807, 2.05) is 24.3 Å². The van der Waals surface area contributed by atoms with Crippen LogP contribution in [0.25, 0.3) is 0 Å². The Balaban J connectivity index is 1.95. The van der Waals surface area contributed by atoms with Gasteiger partial charge in [-0.15, -0.1) is 0 Å². The van der Waals surface area contributed by atoms with Crippen molar-refractivity contribution in [2.24, 2.45) is 0 Å². The topological polar surface area (TPSA) is 52.6 Å². The summed E-state index contributed by atoms with van der Waals surface area (Å²) >= 11 is 0. The molecule has 1 heterocycles. The third kappa shape index (κ3) is 3.23. The molecule has 1 aliphatic heterocycles. The number of aliphatic hydroxyl groups excluding tert-OH is 1. The van der Waals surface area contributed by atoms with Crippen molar-refractivity contribution in [1.29, 1.82) is 0 Å². The van der Waals surface area contributed by atoms with Crippen molar-refractivity contribution in [2.75, 3.05) is 18.0 Å².